The molecule has 0 aliphatic carbocycles. The monoisotopic (exact) mass is 369 g/mol. The number of rotatable bonds is 3. The average Bonchev–Trinajstić information content (AvgIpc) is 2.45. The highest BCUT2D eigenvalue weighted by molar-refractivity contribution is 7.92. The summed E-state index contributed by atoms with van der Waals surface area (Å²) in [5, 5.41) is 0. The Bertz CT molecular complexity index is 893. The number of sulfonamides is 1. The summed E-state index contributed by atoms with van der Waals surface area (Å²) in [5.74, 6) is -5.57. The van der Waals surface area contributed by atoms with E-state index >= 15 is 0 Å². The Morgan fingerprint density at radius 1 is 0.958 bits per heavy atom. The second-order valence-electron chi connectivity index (χ2n) is 4.81. The van der Waals surface area contributed by atoms with Gasteiger partial charge in [-0.2, -0.15) is 13.2 Å². The van der Waals surface area contributed by atoms with Crippen molar-refractivity contribution in [1.29, 1.82) is 0 Å². The Kier molecular flexibility index (Phi) is 4.53. The molecule has 1 N–H and O–H groups in total. The van der Waals surface area contributed by atoms with E-state index in [0.29, 0.717) is 18.2 Å². The first-order valence-corrected chi connectivity index (χ1v) is 7.76. The summed E-state index contributed by atoms with van der Waals surface area (Å²) < 4.78 is 104. The molecular weight excluding hydrogens is 360 g/mol. The van der Waals surface area contributed by atoms with E-state index in [1.165, 1.54) is 6.92 Å². The van der Waals surface area contributed by atoms with Crippen LogP contribution in [0.25, 0.3) is 0 Å². The molecule has 130 valence electrons. The first kappa shape index (κ1) is 18.1. The fourth-order valence-corrected chi connectivity index (χ4v) is 3.04. The lowest BCUT2D eigenvalue weighted by Gasteiger charge is -2.14. The first-order valence-electron chi connectivity index (χ1n) is 6.27. The van der Waals surface area contributed by atoms with Crippen molar-refractivity contribution in [2.75, 3.05) is 4.72 Å². The third-order valence-electron chi connectivity index (χ3n) is 3.08. The summed E-state index contributed by atoms with van der Waals surface area (Å²) in [6.45, 7) is 1.18. The van der Waals surface area contributed by atoms with E-state index in [4.69, 9.17) is 0 Å². The zero-order valence-corrected chi connectivity index (χ0v) is 12.7. The lowest BCUT2D eigenvalue weighted by atomic mass is 10.1. The van der Waals surface area contributed by atoms with Crippen molar-refractivity contribution in [3.8, 4) is 0 Å². The highest BCUT2D eigenvalue weighted by Gasteiger charge is 2.33. The van der Waals surface area contributed by atoms with E-state index in [-0.39, 0.29) is 5.56 Å². The number of halogens is 6. The van der Waals surface area contributed by atoms with Crippen LogP contribution in [0.4, 0.5) is 32.0 Å². The SMILES string of the molecule is Cc1ccc(NS(=O)(=O)c2ccc(F)c(F)c2F)cc1C(F)(F)F. The van der Waals surface area contributed by atoms with Gasteiger partial charge in [0.1, 0.15) is 4.90 Å². The second-order valence-corrected chi connectivity index (χ2v) is 6.46. The van der Waals surface area contributed by atoms with Crippen LogP contribution in [-0.2, 0) is 16.2 Å². The zero-order chi connectivity index (χ0) is 18.3. The number of hydrogen-bond acceptors (Lipinski definition) is 2. The molecule has 10 heteroatoms. The van der Waals surface area contributed by atoms with Gasteiger partial charge in [0.2, 0.25) is 0 Å². The van der Waals surface area contributed by atoms with Crippen LogP contribution >= 0.6 is 0 Å². The molecule has 0 spiro atoms. The van der Waals surface area contributed by atoms with Crippen LogP contribution in [0.1, 0.15) is 11.1 Å². The van der Waals surface area contributed by atoms with Gasteiger partial charge in [0.05, 0.1) is 5.56 Å². The normalized spacial score (nSPS) is 12.3. The van der Waals surface area contributed by atoms with Gasteiger partial charge in [0.25, 0.3) is 10.0 Å². The summed E-state index contributed by atoms with van der Waals surface area (Å²) >= 11 is 0. The molecule has 0 radical (unpaired) electrons. The van der Waals surface area contributed by atoms with Crippen LogP contribution in [0, 0.1) is 24.4 Å². The molecule has 0 saturated carbocycles. The predicted molar refractivity (Wildman–Crippen MR) is 73.3 cm³/mol. The van der Waals surface area contributed by atoms with Gasteiger partial charge in [0, 0.05) is 5.69 Å². The minimum atomic E-state index is -4.76. The Morgan fingerprint density at radius 2 is 1.58 bits per heavy atom. The van der Waals surface area contributed by atoms with Gasteiger partial charge in [-0.05, 0) is 36.8 Å². The Morgan fingerprint density at radius 3 is 2.17 bits per heavy atom. The van der Waals surface area contributed by atoms with Crippen LogP contribution in [-0.4, -0.2) is 8.42 Å². The third kappa shape index (κ3) is 3.48. The summed E-state index contributed by atoms with van der Waals surface area (Å²) in [4.78, 5) is -1.23. The van der Waals surface area contributed by atoms with Crippen molar-refractivity contribution in [3.05, 3.63) is 58.9 Å². The molecule has 0 fully saturated rings. The number of hydrogen-bond donors (Lipinski definition) is 1. The van der Waals surface area contributed by atoms with Gasteiger partial charge in [-0.15, -0.1) is 0 Å². The molecule has 24 heavy (non-hydrogen) atoms. The van der Waals surface area contributed by atoms with Crippen molar-refractivity contribution in [2.24, 2.45) is 0 Å². The number of benzene rings is 2. The average molecular weight is 369 g/mol. The lowest BCUT2D eigenvalue weighted by molar-refractivity contribution is -0.138. The quantitative estimate of drug-likeness (QED) is 0.650. The topological polar surface area (TPSA) is 46.2 Å². The molecular formula is C14H9F6NO2S. The summed E-state index contributed by atoms with van der Waals surface area (Å²) in [6.07, 6.45) is -4.72. The maximum Gasteiger partial charge on any atom is 0.416 e. The van der Waals surface area contributed by atoms with Crippen molar-refractivity contribution >= 4 is 15.7 Å². The van der Waals surface area contributed by atoms with E-state index in [1.807, 2.05) is 0 Å². The molecule has 0 unspecified atom stereocenters. The lowest BCUT2D eigenvalue weighted by Crippen LogP contribution is -2.17. The minimum absolute atomic E-state index is 0.149. The Hall–Kier alpha value is -2.23. The van der Waals surface area contributed by atoms with Crippen LogP contribution in [0.2, 0.25) is 0 Å². The van der Waals surface area contributed by atoms with E-state index < -0.39 is 49.8 Å². The standard InChI is InChI=1S/C14H9F6NO2S/c1-7-2-3-8(6-9(7)14(18,19)20)21-24(22,23)11-5-4-10(15)12(16)13(11)17/h2-6,21H,1H3. The first-order chi connectivity index (χ1) is 10.9. The van der Waals surface area contributed by atoms with Crippen molar-refractivity contribution in [1.82, 2.24) is 0 Å². The number of alkyl halides is 3. The van der Waals surface area contributed by atoms with Crippen molar-refractivity contribution < 1.29 is 34.8 Å². The van der Waals surface area contributed by atoms with E-state index in [2.05, 4.69) is 0 Å². The van der Waals surface area contributed by atoms with Crippen LogP contribution in [0.5, 0.6) is 0 Å². The smallest absolute Gasteiger partial charge is 0.280 e. The van der Waals surface area contributed by atoms with Crippen LogP contribution < -0.4 is 4.72 Å². The number of aryl methyl sites for hydroxylation is 1. The molecule has 0 amide bonds. The second kappa shape index (κ2) is 6.00. The van der Waals surface area contributed by atoms with Gasteiger partial charge < -0.3 is 0 Å². The molecule has 0 aromatic heterocycles. The van der Waals surface area contributed by atoms with Crippen LogP contribution in [0.15, 0.2) is 35.2 Å². The highest BCUT2D eigenvalue weighted by atomic mass is 32.2. The highest BCUT2D eigenvalue weighted by Crippen LogP contribution is 2.34. The van der Waals surface area contributed by atoms with Gasteiger partial charge >= 0.3 is 6.18 Å². The number of nitrogens with one attached hydrogen (secondary N) is 1. The van der Waals surface area contributed by atoms with Gasteiger partial charge in [-0.1, -0.05) is 6.07 Å². The largest absolute Gasteiger partial charge is 0.416 e. The fraction of sp³-hybridized carbons (Fsp3) is 0.143. The molecule has 0 aliphatic heterocycles. The molecule has 2 aromatic rings. The summed E-state index contributed by atoms with van der Waals surface area (Å²) in [7, 11) is -4.76. The van der Waals surface area contributed by atoms with Gasteiger partial charge in [0.15, 0.2) is 17.5 Å². The predicted octanol–water partition coefficient (Wildman–Crippen LogP) is 4.23. The van der Waals surface area contributed by atoms with E-state index in [1.54, 1.807) is 4.72 Å². The Labute approximate surface area is 133 Å². The maximum atomic E-state index is 13.6. The van der Waals surface area contributed by atoms with Crippen molar-refractivity contribution in [2.45, 2.75) is 18.0 Å². The Balaban J connectivity index is 2.46. The van der Waals surface area contributed by atoms with Gasteiger partial charge in [-0.3, -0.25) is 4.72 Å². The molecule has 2 rings (SSSR count). The molecule has 3 nitrogen and oxygen atoms in total. The maximum absolute atomic E-state index is 13.6. The summed E-state index contributed by atoms with van der Waals surface area (Å²) in [5.41, 5.74) is -1.74. The molecule has 0 saturated heterocycles. The minimum Gasteiger partial charge on any atom is -0.280 e. The van der Waals surface area contributed by atoms with E-state index in [0.717, 1.165) is 12.1 Å². The molecule has 0 atom stereocenters. The molecule has 0 heterocycles. The third-order valence-corrected chi connectivity index (χ3v) is 4.48. The zero-order valence-electron chi connectivity index (χ0n) is 11.9. The molecule has 2 aromatic carbocycles. The fourth-order valence-electron chi connectivity index (χ4n) is 1.92. The number of anilines is 1. The van der Waals surface area contributed by atoms with Crippen molar-refractivity contribution in [3.63, 3.8) is 0 Å². The molecule has 0 aliphatic rings. The van der Waals surface area contributed by atoms with Gasteiger partial charge in [-0.25, -0.2) is 21.6 Å². The summed E-state index contributed by atoms with van der Waals surface area (Å²) in [6, 6.07) is 3.42. The molecule has 0 bridgehead atoms. The van der Waals surface area contributed by atoms with E-state index in [9.17, 15) is 34.8 Å². The van der Waals surface area contributed by atoms with Crippen LogP contribution in [0.3, 0.4) is 0 Å².